The Bertz CT molecular complexity index is 989. The van der Waals surface area contributed by atoms with Crippen molar-refractivity contribution in [2.45, 2.75) is 6.18 Å². The van der Waals surface area contributed by atoms with Gasteiger partial charge in [-0.25, -0.2) is 19.2 Å². The number of benzene rings is 2. The lowest BCUT2D eigenvalue weighted by Gasteiger charge is -2.12. The Labute approximate surface area is 150 Å². The third-order valence-electron chi connectivity index (χ3n) is 3.52. The number of carboxylic acid groups (broad SMARTS) is 1. The van der Waals surface area contributed by atoms with Gasteiger partial charge in [-0.3, -0.25) is 0 Å². The number of alkyl halides is 3. The number of hydrogen-bond donors (Lipinski definition) is 2. The molecule has 9 heteroatoms. The highest BCUT2D eigenvalue weighted by atomic mass is 19.4. The summed E-state index contributed by atoms with van der Waals surface area (Å²) in [4.78, 5) is 18.3. The molecule has 27 heavy (non-hydrogen) atoms. The molecule has 2 N–H and O–H groups in total. The third kappa shape index (κ3) is 4.38. The smallest absolute Gasteiger partial charge is 0.433 e. The lowest BCUT2D eigenvalue weighted by atomic mass is 10.1. The Morgan fingerprint density at radius 2 is 1.70 bits per heavy atom. The fourth-order valence-electron chi connectivity index (χ4n) is 2.27. The molecular weight excluding hydrogens is 366 g/mol. The van der Waals surface area contributed by atoms with E-state index in [1.807, 2.05) is 0 Å². The number of nitrogens with zero attached hydrogens (tertiary/aromatic N) is 2. The van der Waals surface area contributed by atoms with E-state index in [0.717, 1.165) is 12.1 Å². The molecule has 0 aliphatic rings. The van der Waals surface area contributed by atoms with Gasteiger partial charge in [-0.15, -0.1) is 0 Å². The van der Waals surface area contributed by atoms with Crippen LogP contribution in [0.1, 0.15) is 16.1 Å². The first kappa shape index (κ1) is 18.3. The second kappa shape index (κ2) is 7.02. The Kier molecular flexibility index (Phi) is 4.76. The predicted molar refractivity (Wildman–Crippen MR) is 89.1 cm³/mol. The van der Waals surface area contributed by atoms with Crippen LogP contribution < -0.4 is 5.32 Å². The van der Waals surface area contributed by atoms with Gasteiger partial charge in [-0.2, -0.15) is 13.2 Å². The maximum absolute atomic E-state index is 13.4. The van der Waals surface area contributed by atoms with Crippen LogP contribution in [0.3, 0.4) is 0 Å². The number of rotatable bonds is 4. The van der Waals surface area contributed by atoms with E-state index in [-0.39, 0.29) is 22.8 Å². The van der Waals surface area contributed by atoms with Gasteiger partial charge < -0.3 is 10.4 Å². The highest BCUT2D eigenvalue weighted by Crippen LogP contribution is 2.31. The van der Waals surface area contributed by atoms with Crippen molar-refractivity contribution in [3.05, 3.63) is 71.7 Å². The van der Waals surface area contributed by atoms with Crippen LogP contribution in [0.15, 0.2) is 54.6 Å². The molecule has 0 saturated carbocycles. The molecular formula is C18H11F4N3O2. The summed E-state index contributed by atoms with van der Waals surface area (Å²) in [5.41, 5.74) is -0.828. The summed E-state index contributed by atoms with van der Waals surface area (Å²) in [5, 5.41) is 11.5. The average molecular weight is 377 g/mol. The number of aromatic carboxylic acids is 1. The van der Waals surface area contributed by atoms with Gasteiger partial charge >= 0.3 is 12.1 Å². The lowest BCUT2D eigenvalue weighted by Crippen LogP contribution is -2.11. The summed E-state index contributed by atoms with van der Waals surface area (Å²) < 4.78 is 52.9. The summed E-state index contributed by atoms with van der Waals surface area (Å²) >= 11 is 0. The van der Waals surface area contributed by atoms with Gasteiger partial charge in [0.1, 0.15) is 5.82 Å². The summed E-state index contributed by atoms with van der Waals surface area (Å²) in [7, 11) is 0. The number of carbonyl (C=O) groups is 1. The standard InChI is InChI=1S/C18H11F4N3O2/c19-12-3-1-2-11(8-12)14-9-15(18(20,21)22)25-17(24-14)23-13-6-4-10(5-7-13)16(26)27/h1-9H,(H,26,27)(H,23,24,25). The monoisotopic (exact) mass is 377 g/mol. The Morgan fingerprint density at radius 1 is 1.00 bits per heavy atom. The van der Waals surface area contributed by atoms with E-state index in [9.17, 15) is 22.4 Å². The van der Waals surface area contributed by atoms with Gasteiger partial charge in [-0.1, -0.05) is 12.1 Å². The minimum Gasteiger partial charge on any atom is -0.478 e. The predicted octanol–water partition coefficient (Wildman–Crippen LogP) is 4.74. The normalized spacial score (nSPS) is 11.3. The van der Waals surface area contributed by atoms with Crippen LogP contribution in [0.2, 0.25) is 0 Å². The van der Waals surface area contributed by atoms with Crippen LogP contribution in [-0.4, -0.2) is 21.0 Å². The zero-order valence-corrected chi connectivity index (χ0v) is 13.5. The molecule has 1 aromatic heterocycles. The van der Waals surface area contributed by atoms with Gasteiger partial charge in [-0.05, 0) is 42.5 Å². The number of hydrogen-bond acceptors (Lipinski definition) is 4. The molecule has 0 atom stereocenters. The van der Waals surface area contributed by atoms with Crippen LogP contribution in [0.25, 0.3) is 11.3 Å². The van der Waals surface area contributed by atoms with E-state index in [1.165, 1.54) is 42.5 Å². The summed E-state index contributed by atoms with van der Waals surface area (Å²) in [6.07, 6.45) is -4.73. The number of halogens is 4. The summed E-state index contributed by atoms with van der Waals surface area (Å²) in [5.74, 6) is -2.10. The number of aromatic nitrogens is 2. The number of anilines is 2. The molecule has 1 heterocycles. The molecule has 5 nitrogen and oxygen atoms in total. The molecule has 0 aliphatic carbocycles. The zero-order valence-electron chi connectivity index (χ0n) is 13.5. The van der Waals surface area contributed by atoms with Gasteiger partial charge in [0.25, 0.3) is 0 Å². The summed E-state index contributed by atoms with van der Waals surface area (Å²) in [6.45, 7) is 0. The van der Waals surface area contributed by atoms with E-state index < -0.39 is 23.7 Å². The van der Waals surface area contributed by atoms with Crippen molar-refractivity contribution < 1.29 is 27.5 Å². The van der Waals surface area contributed by atoms with Crippen LogP contribution in [-0.2, 0) is 6.18 Å². The Morgan fingerprint density at radius 3 is 2.30 bits per heavy atom. The van der Waals surface area contributed by atoms with E-state index in [4.69, 9.17) is 5.11 Å². The molecule has 0 fully saturated rings. The van der Waals surface area contributed by atoms with Crippen LogP contribution in [0.4, 0.5) is 29.2 Å². The molecule has 0 aliphatic heterocycles. The van der Waals surface area contributed by atoms with Crippen LogP contribution >= 0.6 is 0 Å². The Balaban J connectivity index is 2.01. The lowest BCUT2D eigenvalue weighted by molar-refractivity contribution is -0.141. The molecule has 0 spiro atoms. The van der Waals surface area contributed by atoms with Crippen molar-refractivity contribution in [2.24, 2.45) is 0 Å². The molecule has 0 bridgehead atoms. The molecule has 3 aromatic rings. The molecule has 2 aromatic carbocycles. The quantitative estimate of drug-likeness (QED) is 0.642. The highest BCUT2D eigenvalue weighted by molar-refractivity contribution is 5.88. The first-order chi connectivity index (χ1) is 12.7. The minimum absolute atomic E-state index is 0.0194. The Hall–Kier alpha value is -3.49. The van der Waals surface area contributed by atoms with Crippen LogP contribution in [0, 0.1) is 5.82 Å². The van der Waals surface area contributed by atoms with E-state index in [0.29, 0.717) is 5.69 Å². The second-order valence-electron chi connectivity index (χ2n) is 5.48. The average Bonchev–Trinajstić information content (AvgIpc) is 2.61. The van der Waals surface area contributed by atoms with Gasteiger partial charge in [0.2, 0.25) is 5.95 Å². The summed E-state index contributed by atoms with van der Waals surface area (Å²) in [6, 6.07) is 11.1. The zero-order chi connectivity index (χ0) is 19.6. The molecule has 0 unspecified atom stereocenters. The highest BCUT2D eigenvalue weighted by Gasteiger charge is 2.34. The second-order valence-corrected chi connectivity index (χ2v) is 5.48. The number of nitrogens with one attached hydrogen (secondary N) is 1. The topological polar surface area (TPSA) is 75.1 Å². The van der Waals surface area contributed by atoms with Crippen LogP contribution in [0.5, 0.6) is 0 Å². The van der Waals surface area contributed by atoms with Crippen molar-refractivity contribution in [2.75, 3.05) is 5.32 Å². The van der Waals surface area contributed by atoms with Gasteiger partial charge in [0.15, 0.2) is 5.69 Å². The van der Waals surface area contributed by atoms with E-state index in [1.54, 1.807) is 0 Å². The van der Waals surface area contributed by atoms with Crippen molar-refractivity contribution in [3.8, 4) is 11.3 Å². The van der Waals surface area contributed by atoms with Crippen molar-refractivity contribution in [1.82, 2.24) is 9.97 Å². The molecule has 0 saturated heterocycles. The van der Waals surface area contributed by atoms with Gasteiger partial charge in [0.05, 0.1) is 11.3 Å². The molecule has 0 amide bonds. The fourth-order valence-corrected chi connectivity index (χ4v) is 2.27. The minimum atomic E-state index is -4.73. The maximum Gasteiger partial charge on any atom is 0.433 e. The largest absolute Gasteiger partial charge is 0.478 e. The van der Waals surface area contributed by atoms with Crippen molar-refractivity contribution >= 4 is 17.6 Å². The van der Waals surface area contributed by atoms with Crippen molar-refractivity contribution in [1.29, 1.82) is 0 Å². The van der Waals surface area contributed by atoms with Gasteiger partial charge in [0, 0.05) is 11.3 Å². The molecule has 3 rings (SSSR count). The SMILES string of the molecule is O=C(O)c1ccc(Nc2nc(-c3cccc(F)c3)cc(C(F)(F)F)n2)cc1. The van der Waals surface area contributed by atoms with E-state index >= 15 is 0 Å². The fraction of sp³-hybridized carbons (Fsp3) is 0.0556. The van der Waals surface area contributed by atoms with Crippen molar-refractivity contribution in [3.63, 3.8) is 0 Å². The first-order valence-electron chi connectivity index (χ1n) is 7.55. The van der Waals surface area contributed by atoms with E-state index in [2.05, 4.69) is 15.3 Å². The molecule has 138 valence electrons. The first-order valence-corrected chi connectivity index (χ1v) is 7.55. The third-order valence-corrected chi connectivity index (χ3v) is 3.52. The number of carboxylic acids is 1. The molecule has 0 radical (unpaired) electrons. The maximum atomic E-state index is 13.4.